The molecular formula is C12H9F4N3O2. The summed E-state index contributed by atoms with van der Waals surface area (Å²) in [5.74, 6) is -1.31. The molecule has 0 saturated carbocycles. The number of nitrogens with one attached hydrogen (secondary N) is 1. The molecule has 0 saturated heterocycles. The van der Waals surface area contributed by atoms with Gasteiger partial charge in [-0.1, -0.05) is 0 Å². The number of nitrogens with zero attached hydrogens (tertiary/aromatic N) is 2. The van der Waals surface area contributed by atoms with Crippen molar-refractivity contribution < 1.29 is 27.0 Å². The first kappa shape index (κ1) is 14.8. The van der Waals surface area contributed by atoms with Crippen LogP contribution in [0.25, 0.3) is 0 Å². The largest absolute Gasteiger partial charge is 0.573 e. The van der Waals surface area contributed by atoms with Crippen molar-refractivity contribution in [2.24, 2.45) is 0 Å². The van der Waals surface area contributed by atoms with Crippen molar-refractivity contribution in [1.29, 1.82) is 0 Å². The minimum Gasteiger partial charge on any atom is -0.436 e. The predicted octanol–water partition coefficient (Wildman–Crippen LogP) is 3.35. The first-order valence-electron chi connectivity index (χ1n) is 5.61. The third-order valence-corrected chi connectivity index (χ3v) is 2.21. The van der Waals surface area contributed by atoms with Crippen LogP contribution in [0.3, 0.4) is 0 Å². The van der Waals surface area contributed by atoms with Gasteiger partial charge < -0.3 is 14.8 Å². The number of ether oxygens (including phenoxy) is 2. The summed E-state index contributed by atoms with van der Waals surface area (Å²) in [6.07, 6.45) is -3.86. The van der Waals surface area contributed by atoms with E-state index in [-0.39, 0.29) is 17.6 Å². The minimum absolute atomic E-state index is 0.101. The Morgan fingerprint density at radius 2 is 1.71 bits per heavy atom. The summed E-state index contributed by atoms with van der Waals surface area (Å²) in [5.41, 5.74) is 0. The Morgan fingerprint density at radius 3 is 2.29 bits per heavy atom. The fraction of sp³-hybridized carbons (Fsp3) is 0.167. The van der Waals surface area contributed by atoms with Crippen molar-refractivity contribution >= 4 is 5.95 Å². The van der Waals surface area contributed by atoms with E-state index in [4.69, 9.17) is 4.74 Å². The molecule has 21 heavy (non-hydrogen) atoms. The zero-order valence-electron chi connectivity index (χ0n) is 10.6. The van der Waals surface area contributed by atoms with Gasteiger partial charge in [0.2, 0.25) is 11.8 Å². The number of hydrogen-bond acceptors (Lipinski definition) is 5. The molecule has 1 aromatic carbocycles. The van der Waals surface area contributed by atoms with Gasteiger partial charge in [-0.15, -0.1) is 13.2 Å². The van der Waals surface area contributed by atoms with Gasteiger partial charge in [-0.05, 0) is 24.3 Å². The van der Waals surface area contributed by atoms with Gasteiger partial charge in [-0.25, -0.2) is 4.98 Å². The van der Waals surface area contributed by atoms with E-state index in [2.05, 4.69) is 20.0 Å². The van der Waals surface area contributed by atoms with E-state index >= 15 is 0 Å². The summed E-state index contributed by atoms with van der Waals surface area (Å²) < 4.78 is 58.3. The molecule has 0 amide bonds. The van der Waals surface area contributed by atoms with Crippen molar-refractivity contribution in [3.63, 3.8) is 0 Å². The zero-order chi connectivity index (χ0) is 15.5. The maximum Gasteiger partial charge on any atom is 0.573 e. The van der Waals surface area contributed by atoms with Crippen LogP contribution in [-0.2, 0) is 0 Å². The van der Waals surface area contributed by atoms with Crippen molar-refractivity contribution in [2.45, 2.75) is 6.36 Å². The predicted molar refractivity (Wildman–Crippen MR) is 64.7 cm³/mol. The maximum absolute atomic E-state index is 13.4. The molecule has 1 N–H and O–H groups in total. The van der Waals surface area contributed by atoms with Gasteiger partial charge in [0.15, 0.2) is 0 Å². The monoisotopic (exact) mass is 303 g/mol. The van der Waals surface area contributed by atoms with Crippen molar-refractivity contribution in [3.8, 4) is 17.4 Å². The highest BCUT2D eigenvalue weighted by molar-refractivity contribution is 5.35. The van der Waals surface area contributed by atoms with Crippen LogP contribution in [0.2, 0.25) is 0 Å². The molecule has 0 bridgehead atoms. The third-order valence-electron chi connectivity index (χ3n) is 2.21. The molecule has 1 aromatic heterocycles. The van der Waals surface area contributed by atoms with E-state index in [9.17, 15) is 17.6 Å². The second-order valence-corrected chi connectivity index (χ2v) is 3.72. The molecular weight excluding hydrogens is 294 g/mol. The van der Waals surface area contributed by atoms with E-state index in [1.54, 1.807) is 7.05 Å². The fourth-order valence-corrected chi connectivity index (χ4v) is 1.36. The van der Waals surface area contributed by atoms with Crippen LogP contribution < -0.4 is 14.8 Å². The van der Waals surface area contributed by atoms with Crippen LogP contribution in [0.1, 0.15) is 0 Å². The molecule has 0 fully saturated rings. The molecule has 1 heterocycles. The molecule has 9 heteroatoms. The number of anilines is 1. The minimum atomic E-state index is -4.77. The Labute approximate surface area is 116 Å². The summed E-state index contributed by atoms with van der Waals surface area (Å²) in [6.45, 7) is 0. The first-order valence-corrected chi connectivity index (χ1v) is 5.61. The number of halogens is 4. The Morgan fingerprint density at radius 1 is 1.10 bits per heavy atom. The molecule has 0 aliphatic rings. The average molecular weight is 303 g/mol. The van der Waals surface area contributed by atoms with Gasteiger partial charge in [-0.3, -0.25) is 0 Å². The van der Waals surface area contributed by atoms with Crippen LogP contribution in [0.4, 0.5) is 23.5 Å². The molecule has 0 spiro atoms. The number of rotatable bonds is 4. The van der Waals surface area contributed by atoms with Crippen LogP contribution in [0, 0.1) is 5.82 Å². The van der Waals surface area contributed by atoms with Gasteiger partial charge in [0, 0.05) is 7.05 Å². The van der Waals surface area contributed by atoms with Gasteiger partial charge in [-0.2, -0.15) is 9.37 Å². The lowest BCUT2D eigenvalue weighted by Gasteiger charge is -2.10. The van der Waals surface area contributed by atoms with Gasteiger partial charge in [0.05, 0.1) is 6.20 Å². The Kier molecular flexibility index (Phi) is 4.10. The number of benzene rings is 1. The summed E-state index contributed by atoms with van der Waals surface area (Å²) in [7, 11) is 1.54. The van der Waals surface area contributed by atoms with Crippen LogP contribution >= 0.6 is 0 Å². The highest BCUT2D eigenvalue weighted by Crippen LogP contribution is 2.27. The average Bonchev–Trinajstić information content (AvgIpc) is 2.42. The molecule has 2 aromatic rings. The first-order chi connectivity index (χ1) is 9.87. The van der Waals surface area contributed by atoms with E-state index in [1.807, 2.05) is 0 Å². The van der Waals surface area contributed by atoms with Crippen LogP contribution in [0.5, 0.6) is 17.4 Å². The van der Waals surface area contributed by atoms with E-state index in [1.165, 1.54) is 12.1 Å². The smallest absolute Gasteiger partial charge is 0.436 e. The lowest BCUT2D eigenvalue weighted by molar-refractivity contribution is -0.274. The number of aromatic nitrogens is 2. The molecule has 5 nitrogen and oxygen atoms in total. The number of alkyl halides is 3. The van der Waals surface area contributed by atoms with Crippen molar-refractivity contribution in [1.82, 2.24) is 9.97 Å². The van der Waals surface area contributed by atoms with E-state index in [0.29, 0.717) is 0 Å². The summed E-state index contributed by atoms with van der Waals surface area (Å²) in [6, 6.07) is 4.48. The maximum atomic E-state index is 13.4. The zero-order valence-corrected chi connectivity index (χ0v) is 10.6. The topological polar surface area (TPSA) is 56.3 Å². The van der Waals surface area contributed by atoms with Gasteiger partial charge in [0.25, 0.3) is 5.88 Å². The Bertz CT molecular complexity index is 617. The Hall–Kier alpha value is -2.58. The van der Waals surface area contributed by atoms with Crippen LogP contribution in [0.15, 0.2) is 30.5 Å². The second-order valence-electron chi connectivity index (χ2n) is 3.72. The standard InChI is InChI=1S/C12H9F4N3O2/c1-17-11-18-6-9(13)10(19-11)20-7-2-4-8(5-3-7)21-12(14,15)16/h2-6H,1H3,(H,17,18,19). The highest BCUT2D eigenvalue weighted by atomic mass is 19.4. The molecule has 0 atom stereocenters. The van der Waals surface area contributed by atoms with Gasteiger partial charge >= 0.3 is 6.36 Å². The molecule has 0 unspecified atom stereocenters. The molecule has 0 radical (unpaired) electrons. The summed E-state index contributed by atoms with van der Waals surface area (Å²) in [4.78, 5) is 7.37. The molecule has 0 aliphatic carbocycles. The van der Waals surface area contributed by atoms with Crippen molar-refractivity contribution in [3.05, 3.63) is 36.3 Å². The lowest BCUT2D eigenvalue weighted by Crippen LogP contribution is -2.16. The summed E-state index contributed by atoms with van der Waals surface area (Å²) in [5, 5.41) is 2.60. The Balaban J connectivity index is 2.13. The van der Waals surface area contributed by atoms with Gasteiger partial charge in [0.1, 0.15) is 11.5 Å². The molecule has 112 valence electrons. The summed E-state index contributed by atoms with van der Waals surface area (Å²) >= 11 is 0. The van der Waals surface area contributed by atoms with E-state index in [0.717, 1.165) is 18.3 Å². The van der Waals surface area contributed by atoms with E-state index < -0.39 is 17.9 Å². The second kappa shape index (κ2) is 5.81. The normalized spacial score (nSPS) is 11.1. The quantitative estimate of drug-likeness (QED) is 0.878. The SMILES string of the molecule is CNc1ncc(F)c(Oc2ccc(OC(F)(F)F)cc2)n1. The van der Waals surface area contributed by atoms with Crippen molar-refractivity contribution in [2.75, 3.05) is 12.4 Å². The molecule has 2 rings (SSSR count). The highest BCUT2D eigenvalue weighted by Gasteiger charge is 2.31. The lowest BCUT2D eigenvalue weighted by atomic mass is 10.3. The fourth-order valence-electron chi connectivity index (χ4n) is 1.36. The number of hydrogen-bond donors (Lipinski definition) is 1. The van der Waals surface area contributed by atoms with Crippen LogP contribution in [-0.4, -0.2) is 23.4 Å². The third kappa shape index (κ3) is 4.20. The molecule has 0 aliphatic heterocycles.